The molecule has 2 N–H and O–H groups in total. The summed E-state index contributed by atoms with van der Waals surface area (Å²) in [6.07, 6.45) is 5.61. The summed E-state index contributed by atoms with van der Waals surface area (Å²) < 4.78 is 6.57. The summed E-state index contributed by atoms with van der Waals surface area (Å²) in [6, 6.07) is 5.44. The smallest absolute Gasteiger partial charge is 0.278 e. The van der Waals surface area contributed by atoms with Gasteiger partial charge in [-0.15, -0.1) is 11.3 Å². The first-order valence-corrected chi connectivity index (χ1v) is 10.7. The molecule has 0 atom stereocenters. The highest BCUT2D eigenvalue weighted by molar-refractivity contribution is 7.17. The number of rotatable bonds is 6. The Morgan fingerprint density at radius 1 is 1.28 bits per heavy atom. The van der Waals surface area contributed by atoms with E-state index in [9.17, 15) is 9.59 Å². The van der Waals surface area contributed by atoms with Crippen LogP contribution in [0.15, 0.2) is 24.4 Å². The number of pyridine rings is 1. The first-order valence-electron chi connectivity index (χ1n) is 9.46. The Morgan fingerprint density at radius 2 is 2.10 bits per heavy atom. The van der Waals surface area contributed by atoms with Crippen LogP contribution in [-0.4, -0.2) is 41.7 Å². The molecule has 0 saturated heterocycles. The number of nitrogens with one attached hydrogen (secondary N) is 2. The number of nitrogens with zero attached hydrogens (tertiary/aromatic N) is 2. The molecular formula is C20H21ClN4O3S. The van der Waals surface area contributed by atoms with Crippen molar-refractivity contribution in [1.82, 2.24) is 14.9 Å². The van der Waals surface area contributed by atoms with Crippen LogP contribution in [0.4, 0.5) is 5.00 Å². The van der Waals surface area contributed by atoms with Crippen LogP contribution in [0.5, 0.6) is 0 Å². The van der Waals surface area contributed by atoms with Gasteiger partial charge in [0.1, 0.15) is 5.00 Å². The molecule has 1 aliphatic carbocycles. The van der Waals surface area contributed by atoms with Crippen molar-refractivity contribution in [3.63, 3.8) is 0 Å². The van der Waals surface area contributed by atoms with E-state index < -0.39 is 5.91 Å². The molecule has 0 unspecified atom stereocenters. The fourth-order valence-corrected chi connectivity index (χ4v) is 5.08. The van der Waals surface area contributed by atoms with E-state index in [2.05, 4.69) is 15.7 Å². The van der Waals surface area contributed by atoms with Crippen molar-refractivity contribution in [2.24, 2.45) is 0 Å². The second-order valence-electron chi connectivity index (χ2n) is 6.81. The lowest BCUT2D eigenvalue weighted by molar-refractivity contribution is 0.0937. The Bertz CT molecular complexity index is 1080. The zero-order valence-corrected chi connectivity index (χ0v) is 17.5. The highest BCUT2D eigenvalue weighted by Crippen LogP contribution is 2.38. The largest absolute Gasteiger partial charge is 0.383 e. The van der Waals surface area contributed by atoms with E-state index >= 15 is 0 Å². The fourth-order valence-electron chi connectivity index (χ4n) is 3.53. The van der Waals surface area contributed by atoms with Gasteiger partial charge in [0.25, 0.3) is 11.8 Å². The quantitative estimate of drug-likeness (QED) is 0.583. The van der Waals surface area contributed by atoms with Gasteiger partial charge in [-0.25, -0.2) is 4.52 Å². The summed E-state index contributed by atoms with van der Waals surface area (Å²) in [5.74, 6) is -0.624. The molecule has 0 radical (unpaired) electrons. The van der Waals surface area contributed by atoms with Crippen molar-refractivity contribution in [2.45, 2.75) is 25.7 Å². The predicted molar refractivity (Wildman–Crippen MR) is 113 cm³/mol. The minimum atomic E-state index is -0.428. The van der Waals surface area contributed by atoms with Gasteiger partial charge in [-0.3, -0.25) is 9.59 Å². The van der Waals surface area contributed by atoms with E-state index in [-0.39, 0.29) is 16.6 Å². The molecule has 1 aliphatic rings. The van der Waals surface area contributed by atoms with Crippen LogP contribution in [0.1, 0.15) is 44.1 Å². The molecule has 0 aliphatic heterocycles. The number of aromatic nitrogens is 2. The molecule has 2 amide bonds. The SMILES string of the molecule is COCCNC(=O)c1c(NC(=O)c2nn3ccccc3c2Cl)sc2c1CCCC2. The van der Waals surface area contributed by atoms with E-state index in [1.54, 1.807) is 23.9 Å². The molecule has 152 valence electrons. The van der Waals surface area contributed by atoms with Crippen molar-refractivity contribution >= 4 is 45.3 Å². The fraction of sp³-hybridized carbons (Fsp3) is 0.350. The van der Waals surface area contributed by atoms with Crippen LogP contribution < -0.4 is 10.6 Å². The number of amides is 2. The Morgan fingerprint density at radius 3 is 2.90 bits per heavy atom. The van der Waals surface area contributed by atoms with E-state index in [1.165, 1.54) is 11.3 Å². The molecule has 7 nitrogen and oxygen atoms in total. The predicted octanol–water partition coefficient (Wildman–Crippen LogP) is 3.56. The number of thiophene rings is 1. The maximum atomic E-state index is 12.9. The number of carbonyl (C=O) groups is 2. The third-order valence-corrected chi connectivity index (χ3v) is 6.49. The average Bonchev–Trinajstić information content (AvgIpc) is 3.26. The minimum absolute atomic E-state index is 0.134. The molecule has 9 heteroatoms. The van der Waals surface area contributed by atoms with E-state index in [0.29, 0.717) is 29.2 Å². The number of anilines is 1. The van der Waals surface area contributed by atoms with Crippen molar-refractivity contribution < 1.29 is 14.3 Å². The zero-order valence-electron chi connectivity index (χ0n) is 16.0. The van der Waals surface area contributed by atoms with E-state index in [1.807, 2.05) is 12.1 Å². The monoisotopic (exact) mass is 432 g/mol. The molecular weight excluding hydrogens is 412 g/mol. The van der Waals surface area contributed by atoms with Crippen LogP contribution in [0, 0.1) is 0 Å². The summed E-state index contributed by atoms with van der Waals surface area (Å²) >= 11 is 7.84. The van der Waals surface area contributed by atoms with Gasteiger partial charge in [-0.2, -0.15) is 5.10 Å². The van der Waals surface area contributed by atoms with Gasteiger partial charge < -0.3 is 15.4 Å². The van der Waals surface area contributed by atoms with Gasteiger partial charge in [0.2, 0.25) is 0 Å². The molecule has 3 heterocycles. The van der Waals surface area contributed by atoms with Crippen LogP contribution in [-0.2, 0) is 17.6 Å². The Hall–Kier alpha value is -2.42. The number of ether oxygens (including phenoxy) is 1. The van der Waals surface area contributed by atoms with Crippen LogP contribution in [0.3, 0.4) is 0 Å². The molecule has 0 bridgehead atoms. The standard InChI is InChI=1S/C20H21ClN4O3S/c1-28-11-9-22-18(26)15-12-6-2-3-8-14(12)29-20(15)23-19(27)17-16(21)13-7-4-5-10-25(13)24-17/h4-5,7,10H,2-3,6,8-9,11H2,1H3,(H,22,26)(H,23,27). The summed E-state index contributed by atoms with van der Waals surface area (Å²) in [4.78, 5) is 26.9. The Kier molecular flexibility index (Phi) is 5.84. The van der Waals surface area contributed by atoms with Crippen LogP contribution in [0.25, 0.3) is 5.52 Å². The molecule has 0 aromatic carbocycles. The normalized spacial score (nSPS) is 13.3. The maximum absolute atomic E-state index is 12.9. The average molecular weight is 433 g/mol. The molecule has 3 aromatic rings. The summed E-state index contributed by atoms with van der Waals surface area (Å²) in [6.45, 7) is 0.836. The third-order valence-electron chi connectivity index (χ3n) is 4.91. The number of carbonyl (C=O) groups excluding carboxylic acids is 2. The topological polar surface area (TPSA) is 84.7 Å². The highest BCUT2D eigenvalue weighted by Gasteiger charge is 2.27. The second kappa shape index (κ2) is 8.52. The lowest BCUT2D eigenvalue weighted by Gasteiger charge is -2.13. The van der Waals surface area contributed by atoms with Crippen molar-refractivity contribution in [3.05, 3.63) is 51.1 Å². The summed E-state index contributed by atoms with van der Waals surface area (Å²) in [7, 11) is 1.59. The first kappa shape index (κ1) is 19.9. The first-order chi connectivity index (χ1) is 14.1. The van der Waals surface area contributed by atoms with Gasteiger partial charge in [0.05, 0.1) is 22.7 Å². The zero-order chi connectivity index (χ0) is 20.4. The van der Waals surface area contributed by atoms with Gasteiger partial charge in [0.15, 0.2) is 5.69 Å². The molecule has 0 spiro atoms. The lowest BCUT2D eigenvalue weighted by Crippen LogP contribution is -2.28. The van der Waals surface area contributed by atoms with E-state index in [4.69, 9.17) is 16.3 Å². The van der Waals surface area contributed by atoms with Crippen LogP contribution >= 0.6 is 22.9 Å². The third kappa shape index (κ3) is 3.88. The van der Waals surface area contributed by atoms with Gasteiger partial charge in [-0.05, 0) is 43.4 Å². The van der Waals surface area contributed by atoms with Crippen molar-refractivity contribution in [2.75, 3.05) is 25.6 Å². The second-order valence-corrected chi connectivity index (χ2v) is 8.29. The summed E-state index contributed by atoms with van der Waals surface area (Å²) in [5.41, 5.74) is 2.37. The van der Waals surface area contributed by atoms with Crippen LogP contribution in [0.2, 0.25) is 5.02 Å². The number of methoxy groups -OCH3 is 1. The Balaban J connectivity index is 1.65. The number of hydrogen-bond acceptors (Lipinski definition) is 5. The lowest BCUT2D eigenvalue weighted by atomic mass is 9.95. The number of hydrogen-bond donors (Lipinski definition) is 2. The molecule has 3 aromatic heterocycles. The Labute approximate surface area is 177 Å². The van der Waals surface area contributed by atoms with E-state index in [0.717, 1.165) is 36.1 Å². The molecule has 4 rings (SSSR count). The van der Waals surface area contributed by atoms with Gasteiger partial charge in [0, 0.05) is 24.7 Å². The maximum Gasteiger partial charge on any atom is 0.278 e. The molecule has 29 heavy (non-hydrogen) atoms. The number of fused-ring (bicyclic) bond motifs is 2. The highest BCUT2D eigenvalue weighted by atomic mass is 35.5. The minimum Gasteiger partial charge on any atom is -0.383 e. The number of halogens is 1. The van der Waals surface area contributed by atoms with Crippen molar-refractivity contribution in [3.8, 4) is 0 Å². The summed E-state index contributed by atoms with van der Waals surface area (Å²) in [5, 5.41) is 10.9. The van der Waals surface area contributed by atoms with Crippen molar-refractivity contribution in [1.29, 1.82) is 0 Å². The van der Waals surface area contributed by atoms with Gasteiger partial charge >= 0.3 is 0 Å². The molecule has 0 saturated carbocycles. The molecule has 0 fully saturated rings. The van der Waals surface area contributed by atoms with Gasteiger partial charge in [-0.1, -0.05) is 17.7 Å². The number of aryl methyl sites for hydroxylation is 1.